The Morgan fingerprint density at radius 2 is 1.77 bits per heavy atom. The zero-order valence-electron chi connectivity index (χ0n) is 19.9. The number of hydrogen-bond acceptors (Lipinski definition) is 4. The van der Waals surface area contributed by atoms with Crippen molar-refractivity contribution in [2.75, 3.05) is 0 Å². The van der Waals surface area contributed by atoms with Crippen molar-refractivity contribution in [1.29, 1.82) is 0 Å². The number of nitrogens with two attached hydrogens (primary N) is 1. The van der Waals surface area contributed by atoms with Gasteiger partial charge in [-0.3, -0.25) is 9.48 Å². The maximum absolute atomic E-state index is 13.4. The number of amides is 2. The van der Waals surface area contributed by atoms with Gasteiger partial charge < -0.3 is 15.8 Å². The van der Waals surface area contributed by atoms with Gasteiger partial charge in [0.25, 0.3) is 5.91 Å². The molecule has 3 atom stereocenters. The van der Waals surface area contributed by atoms with Crippen LogP contribution in [0.4, 0.5) is 4.79 Å². The van der Waals surface area contributed by atoms with Gasteiger partial charge in [0.2, 0.25) is 0 Å². The highest BCUT2D eigenvalue weighted by molar-refractivity contribution is 5.84. The Morgan fingerprint density at radius 1 is 1.16 bits per heavy atom. The Hall–Kier alpha value is -2.05. The van der Waals surface area contributed by atoms with Gasteiger partial charge in [0.1, 0.15) is 0 Å². The lowest BCUT2D eigenvalue weighted by Gasteiger charge is -2.69. The van der Waals surface area contributed by atoms with E-state index >= 15 is 0 Å². The molecule has 4 fully saturated rings. The van der Waals surface area contributed by atoms with Gasteiger partial charge in [-0.05, 0) is 67.8 Å². The fourth-order valence-electron chi connectivity index (χ4n) is 8.19. The van der Waals surface area contributed by atoms with Crippen LogP contribution in [0.1, 0.15) is 78.8 Å². The molecule has 0 aliphatic heterocycles. The van der Waals surface area contributed by atoms with E-state index < -0.39 is 17.6 Å². The minimum absolute atomic E-state index is 0.101. The van der Waals surface area contributed by atoms with Gasteiger partial charge in [-0.25, -0.2) is 4.79 Å². The number of rotatable bonds is 5. The molecule has 7 heteroatoms. The molecular formula is C24H38N4O3. The predicted octanol–water partition coefficient (Wildman–Crippen LogP) is 3.94. The number of nitrogens with one attached hydrogen (secondary N) is 1. The number of carbonyl (C=O) groups is 2. The molecule has 31 heavy (non-hydrogen) atoms. The number of primary amides is 1. The predicted molar refractivity (Wildman–Crippen MR) is 118 cm³/mol. The van der Waals surface area contributed by atoms with Crippen molar-refractivity contribution in [2.45, 2.75) is 98.3 Å². The van der Waals surface area contributed by atoms with Crippen LogP contribution < -0.4 is 11.1 Å². The second kappa shape index (κ2) is 6.72. The molecule has 3 N–H and O–H groups in total. The van der Waals surface area contributed by atoms with E-state index in [-0.39, 0.29) is 27.7 Å². The van der Waals surface area contributed by atoms with Crippen molar-refractivity contribution in [2.24, 2.45) is 27.4 Å². The van der Waals surface area contributed by atoms with Crippen LogP contribution in [0, 0.1) is 28.6 Å². The van der Waals surface area contributed by atoms with Gasteiger partial charge in [-0.1, -0.05) is 34.6 Å². The number of aryl methyl sites for hydroxylation is 1. The fourth-order valence-corrected chi connectivity index (χ4v) is 8.19. The standard InChI is InChI=1S/C24H38N4O3/c1-16-7-8-26-28(16)15-23-10-21(5)9-22(6,11-23)13-24(12-21,14-23)27-18(29)17(20(2,3)4)31-19(25)30/h7-8,17H,9-15H2,1-6H3,(H2,25,30)(H,27,29). The summed E-state index contributed by atoms with van der Waals surface area (Å²) in [6.07, 6.45) is 6.42. The first-order valence-corrected chi connectivity index (χ1v) is 11.4. The minimum atomic E-state index is -0.914. The SMILES string of the molecule is Cc1ccnn1CC12CC3(C)CC(C)(C1)CC(NC(=O)C(OC(N)=O)C(C)(C)C)(C3)C2. The highest BCUT2D eigenvalue weighted by atomic mass is 16.6. The van der Waals surface area contributed by atoms with Gasteiger partial charge in [-0.2, -0.15) is 5.10 Å². The quantitative estimate of drug-likeness (QED) is 0.739. The Kier molecular flexibility index (Phi) is 4.80. The third-order valence-electron chi connectivity index (χ3n) is 7.76. The lowest BCUT2D eigenvalue weighted by molar-refractivity contribution is -0.178. The lowest BCUT2D eigenvalue weighted by Crippen LogP contribution is -2.70. The molecule has 5 rings (SSSR count). The average Bonchev–Trinajstić information content (AvgIpc) is 2.91. The normalized spacial score (nSPS) is 37.5. The van der Waals surface area contributed by atoms with Gasteiger partial charge in [0.05, 0.1) is 0 Å². The molecule has 4 bridgehead atoms. The zero-order chi connectivity index (χ0) is 22.9. The van der Waals surface area contributed by atoms with E-state index in [1.54, 1.807) is 0 Å². The molecule has 0 radical (unpaired) electrons. The molecule has 4 aliphatic rings. The molecule has 172 valence electrons. The van der Waals surface area contributed by atoms with Crippen LogP contribution in [0.25, 0.3) is 0 Å². The number of carbonyl (C=O) groups excluding carboxylic acids is 2. The number of aromatic nitrogens is 2. The Labute approximate surface area is 185 Å². The molecule has 1 heterocycles. The van der Waals surface area contributed by atoms with E-state index in [0.717, 1.165) is 38.6 Å². The Bertz CT molecular complexity index is 881. The molecule has 1 aromatic rings. The van der Waals surface area contributed by atoms with Crippen LogP contribution in [0.5, 0.6) is 0 Å². The molecular weight excluding hydrogens is 392 g/mol. The monoisotopic (exact) mass is 430 g/mol. The van der Waals surface area contributed by atoms with E-state index in [0.29, 0.717) is 0 Å². The van der Waals surface area contributed by atoms with Crippen LogP contribution in [-0.2, 0) is 16.1 Å². The summed E-state index contributed by atoms with van der Waals surface area (Å²) in [5, 5.41) is 7.98. The Balaban J connectivity index is 1.65. The minimum Gasteiger partial charge on any atom is -0.436 e. The third-order valence-corrected chi connectivity index (χ3v) is 7.76. The molecule has 0 aromatic carbocycles. The molecule has 0 spiro atoms. The van der Waals surface area contributed by atoms with E-state index in [9.17, 15) is 9.59 Å². The van der Waals surface area contributed by atoms with Crippen LogP contribution >= 0.6 is 0 Å². The van der Waals surface area contributed by atoms with Crippen molar-refractivity contribution in [3.63, 3.8) is 0 Å². The van der Waals surface area contributed by atoms with Crippen LogP contribution in [0.2, 0.25) is 0 Å². The smallest absolute Gasteiger partial charge is 0.405 e. The molecule has 3 unspecified atom stereocenters. The van der Waals surface area contributed by atoms with Gasteiger partial charge in [0.15, 0.2) is 6.10 Å². The van der Waals surface area contributed by atoms with Crippen molar-refractivity contribution >= 4 is 12.0 Å². The van der Waals surface area contributed by atoms with E-state index in [1.807, 2.05) is 27.0 Å². The molecule has 7 nitrogen and oxygen atoms in total. The van der Waals surface area contributed by atoms with Crippen molar-refractivity contribution in [3.8, 4) is 0 Å². The largest absolute Gasteiger partial charge is 0.436 e. The Morgan fingerprint density at radius 3 is 2.26 bits per heavy atom. The second-order valence-corrected chi connectivity index (χ2v) is 12.8. The van der Waals surface area contributed by atoms with Gasteiger partial charge >= 0.3 is 6.09 Å². The average molecular weight is 431 g/mol. The molecule has 4 aliphatic carbocycles. The van der Waals surface area contributed by atoms with Crippen molar-refractivity contribution < 1.29 is 14.3 Å². The van der Waals surface area contributed by atoms with E-state index in [1.165, 1.54) is 12.1 Å². The summed E-state index contributed by atoms with van der Waals surface area (Å²) in [6, 6.07) is 2.05. The maximum atomic E-state index is 13.4. The number of ether oxygens (including phenoxy) is 1. The van der Waals surface area contributed by atoms with E-state index in [2.05, 4.69) is 41.9 Å². The number of hydrogen-bond donors (Lipinski definition) is 2. The van der Waals surface area contributed by atoms with E-state index in [4.69, 9.17) is 10.5 Å². The van der Waals surface area contributed by atoms with Gasteiger partial charge in [-0.15, -0.1) is 0 Å². The summed E-state index contributed by atoms with van der Waals surface area (Å²) < 4.78 is 7.41. The molecule has 0 saturated heterocycles. The van der Waals surface area contributed by atoms with Crippen molar-refractivity contribution in [1.82, 2.24) is 15.1 Å². The fraction of sp³-hybridized carbons (Fsp3) is 0.792. The molecule has 1 aromatic heterocycles. The summed E-state index contributed by atoms with van der Waals surface area (Å²) in [5.41, 5.74) is 6.09. The van der Waals surface area contributed by atoms with Crippen LogP contribution in [0.3, 0.4) is 0 Å². The number of nitrogens with zero attached hydrogens (tertiary/aromatic N) is 2. The second-order valence-electron chi connectivity index (χ2n) is 12.8. The summed E-state index contributed by atoms with van der Waals surface area (Å²) in [4.78, 5) is 24.9. The van der Waals surface area contributed by atoms with Crippen LogP contribution in [-0.4, -0.2) is 33.4 Å². The highest BCUT2D eigenvalue weighted by Gasteiger charge is 2.66. The first kappa shape index (κ1) is 22.2. The third kappa shape index (κ3) is 4.08. The summed E-state index contributed by atoms with van der Waals surface area (Å²) in [7, 11) is 0. The van der Waals surface area contributed by atoms with Crippen LogP contribution in [0.15, 0.2) is 12.3 Å². The maximum Gasteiger partial charge on any atom is 0.405 e. The highest BCUT2D eigenvalue weighted by Crippen LogP contribution is 2.71. The summed E-state index contributed by atoms with van der Waals surface area (Å²) in [5.74, 6) is -0.231. The first-order valence-electron chi connectivity index (χ1n) is 11.4. The lowest BCUT2D eigenvalue weighted by atomic mass is 9.38. The van der Waals surface area contributed by atoms with Gasteiger partial charge in [0, 0.05) is 29.4 Å². The first-order chi connectivity index (χ1) is 14.2. The molecule has 4 saturated carbocycles. The topological polar surface area (TPSA) is 99.2 Å². The summed E-state index contributed by atoms with van der Waals surface area (Å²) in [6.45, 7) is 13.4. The summed E-state index contributed by atoms with van der Waals surface area (Å²) >= 11 is 0. The molecule has 2 amide bonds. The van der Waals surface area contributed by atoms with Crippen molar-refractivity contribution in [3.05, 3.63) is 18.0 Å². The zero-order valence-corrected chi connectivity index (χ0v) is 19.9.